The van der Waals surface area contributed by atoms with Gasteiger partial charge in [-0.15, -0.1) is 0 Å². The van der Waals surface area contributed by atoms with Gasteiger partial charge in [-0.05, 0) is 23.1 Å². The summed E-state index contributed by atoms with van der Waals surface area (Å²) in [6.45, 7) is 6.24. The number of alkyl halides is 2. The van der Waals surface area contributed by atoms with Gasteiger partial charge in [0, 0.05) is 41.7 Å². The third-order valence-electron chi connectivity index (χ3n) is 5.56. The maximum absolute atomic E-state index is 14.2. The van der Waals surface area contributed by atoms with Gasteiger partial charge in [-0.2, -0.15) is 0 Å². The van der Waals surface area contributed by atoms with Crippen LogP contribution in [0.4, 0.5) is 13.2 Å². The number of Topliss-reactive ketones (excluding diaryl/α,β-unsaturated/α-hetero) is 1. The van der Waals surface area contributed by atoms with Crippen LogP contribution in [0.2, 0.25) is 0 Å². The number of carbonyl (C=O) groups is 2. The molecular weight excluding hydrogens is 419 g/mol. The molecule has 162 valence electrons. The molecule has 4 rings (SSSR count). The lowest BCUT2D eigenvalue weighted by Crippen LogP contribution is -2.35. The summed E-state index contributed by atoms with van der Waals surface area (Å²) in [5, 5.41) is 1.02. The topological polar surface area (TPSA) is 54.6 Å². The third kappa shape index (κ3) is 4.06. The molecule has 0 N–H and O–H groups in total. The number of rotatable bonds is 5. The first-order chi connectivity index (χ1) is 15.3. The first-order valence-corrected chi connectivity index (χ1v) is 9.99. The number of benzene rings is 2. The summed E-state index contributed by atoms with van der Waals surface area (Å²) < 4.78 is 41.4. The number of amides is 1. The predicted molar refractivity (Wildman–Crippen MR) is 112 cm³/mol. The zero-order valence-electron chi connectivity index (χ0n) is 16.9. The minimum Gasteiger partial charge on any atom is -0.294 e. The second kappa shape index (κ2) is 8.42. The lowest BCUT2D eigenvalue weighted by atomic mass is 9.93. The van der Waals surface area contributed by atoms with E-state index in [0.717, 1.165) is 4.90 Å². The fraction of sp³-hybridized carbons (Fsp3) is 0.250. The molecule has 0 bridgehead atoms. The average Bonchev–Trinajstić information content (AvgIpc) is 3.12. The van der Waals surface area contributed by atoms with Gasteiger partial charge in [0.05, 0.1) is 6.54 Å². The van der Waals surface area contributed by atoms with Crippen LogP contribution < -0.4 is 0 Å². The van der Waals surface area contributed by atoms with Gasteiger partial charge in [0.25, 0.3) is 5.92 Å². The van der Waals surface area contributed by atoms with Crippen molar-refractivity contribution in [1.29, 1.82) is 0 Å². The fourth-order valence-corrected chi connectivity index (χ4v) is 4.01. The summed E-state index contributed by atoms with van der Waals surface area (Å²) in [4.78, 5) is 33.5. The third-order valence-corrected chi connectivity index (χ3v) is 5.56. The quantitative estimate of drug-likeness (QED) is 0.411. The van der Waals surface area contributed by atoms with Crippen molar-refractivity contribution in [3.05, 3.63) is 77.7 Å². The van der Waals surface area contributed by atoms with E-state index in [-0.39, 0.29) is 24.4 Å². The lowest BCUT2D eigenvalue weighted by molar-refractivity contribution is -0.132. The molecular formula is C24H18F3N3O2. The lowest BCUT2D eigenvalue weighted by Gasteiger charge is -2.16. The van der Waals surface area contributed by atoms with E-state index >= 15 is 0 Å². The van der Waals surface area contributed by atoms with E-state index in [1.54, 1.807) is 30.3 Å². The number of aromatic nitrogens is 1. The number of likely N-dealkylation sites (tertiary alicyclic amines) is 1. The summed E-state index contributed by atoms with van der Waals surface area (Å²) >= 11 is 0. The summed E-state index contributed by atoms with van der Waals surface area (Å²) in [6.07, 6.45) is 0.553. The van der Waals surface area contributed by atoms with Crippen molar-refractivity contribution < 1.29 is 22.8 Å². The number of hydrogen-bond acceptors (Lipinski definition) is 3. The molecule has 1 atom stereocenters. The molecule has 1 aliphatic heterocycles. The highest BCUT2D eigenvalue weighted by Gasteiger charge is 2.50. The van der Waals surface area contributed by atoms with Gasteiger partial charge in [-0.1, -0.05) is 30.3 Å². The highest BCUT2D eigenvalue weighted by atomic mass is 19.3. The van der Waals surface area contributed by atoms with Crippen LogP contribution in [0.5, 0.6) is 0 Å². The molecule has 2 heterocycles. The first-order valence-electron chi connectivity index (χ1n) is 9.99. The fourth-order valence-electron chi connectivity index (χ4n) is 4.01. The van der Waals surface area contributed by atoms with Crippen molar-refractivity contribution >= 4 is 22.5 Å². The van der Waals surface area contributed by atoms with E-state index in [2.05, 4.69) is 9.83 Å². The Labute approximate surface area is 182 Å². The smallest absolute Gasteiger partial charge is 0.294 e. The molecule has 0 radical (unpaired) electrons. The molecule has 1 aliphatic rings. The Morgan fingerprint density at radius 1 is 1.09 bits per heavy atom. The monoisotopic (exact) mass is 437 g/mol. The van der Waals surface area contributed by atoms with Gasteiger partial charge in [0.2, 0.25) is 5.91 Å². The SMILES string of the molecule is [C-]#[N+][C@@H]1CC(F)(F)CN1C(=O)CCC(=O)c1ccncc1-c1ccc(F)c2ccccc12. The van der Waals surface area contributed by atoms with Crippen LogP contribution in [0.3, 0.4) is 0 Å². The predicted octanol–water partition coefficient (Wildman–Crippen LogP) is 5.12. The van der Waals surface area contributed by atoms with E-state index in [1.807, 2.05) is 0 Å². The molecule has 0 unspecified atom stereocenters. The van der Waals surface area contributed by atoms with Gasteiger partial charge in [0.1, 0.15) is 12.2 Å². The maximum atomic E-state index is 14.2. The average molecular weight is 437 g/mol. The minimum absolute atomic E-state index is 0.207. The molecule has 1 amide bonds. The van der Waals surface area contributed by atoms with Crippen molar-refractivity contribution in [2.75, 3.05) is 6.54 Å². The highest BCUT2D eigenvalue weighted by molar-refractivity contribution is 6.07. The van der Waals surface area contributed by atoms with Crippen LogP contribution in [0.1, 0.15) is 29.6 Å². The Hall–Kier alpha value is -3.73. The number of nitrogens with zero attached hydrogens (tertiary/aromatic N) is 3. The molecule has 1 saturated heterocycles. The first kappa shape index (κ1) is 21.5. The number of pyridine rings is 1. The summed E-state index contributed by atoms with van der Waals surface area (Å²) in [6, 6.07) is 11.3. The molecule has 0 spiro atoms. The number of halogens is 3. The molecule has 2 aromatic carbocycles. The Morgan fingerprint density at radius 2 is 1.84 bits per heavy atom. The van der Waals surface area contributed by atoms with Gasteiger partial charge >= 0.3 is 6.17 Å². The molecule has 8 heteroatoms. The molecule has 32 heavy (non-hydrogen) atoms. The Morgan fingerprint density at radius 3 is 2.59 bits per heavy atom. The Balaban J connectivity index is 1.58. The van der Waals surface area contributed by atoms with Crippen LogP contribution in [-0.4, -0.2) is 40.2 Å². The standard InChI is InChI=1S/C24H18F3N3O2/c1-28-22-12-24(26,27)14-30(22)23(32)9-8-21(31)18-10-11-29-13-19(18)16-6-7-20(25)17-5-3-2-4-15(16)17/h2-7,10-11,13,22H,8-9,12,14H2/t22-/m0/s1. The van der Waals surface area contributed by atoms with Gasteiger partial charge in [-0.3, -0.25) is 24.3 Å². The normalized spacial score (nSPS) is 17.3. The van der Waals surface area contributed by atoms with Crippen LogP contribution in [0.15, 0.2) is 54.9 Å². The summed E-state index contributed by atoms with van der Waals surface area (Å²) in [5.74, 6) is -4.51. The molecule has 5 nitrogen and oxygen atoms in total. The van der Waals surface area contributed by atoms with Crippen LogP contribution in [-0.2, 0) is 4.79 Å². The van der Waals surface area contributed by atoms with Crippen molar-refractivity contribution in [3.63, 3.8) is 0 Å². The second-order valence-electron chi connectivity index (χ2n) is 7.68. The van der Waals surface area contributed by atoms with Gasteiger partial charge in [0.15, 0.2) is 5.78 Å². The Kier molecular flexibility index (Phi) is 5.66. The van der Waals surface area contributed by atoms with E-state index in [9.17, 15) is 22.8 Å². The second-order valence-corrected chi connectivity index (χ2v) is 7.68. The van der Waals surface area contributed by atoms with Crippen LogP contribution in [0, 0.1) is 12.4 Å². The zero-order chi connectivity index (χ0) is 22.9. The number of carbonyl (C=O) groups excluding carboxylic acids is 2. The Bertz CT molecular complexity index is 1250. The molecule has 0 saturated carbocycles. The minimum atomic E-state index is -3.10. The van der Waals surface area contributed by atoms with Crippen LogP contribution in [0.25, 0.3) is 26.7 Å². The van der Waals surface area contributed by atoms with Gasteiger partial charge < -0.3 is 0 Å². The zero-order valence-corrected chi connectivity index (χ0v) is 16.9. The molecule has 1 fully saturated rings. The molecule has 0 aliphatic carbocycles. The maximum Gasteiger partial charge on any atom is 0.306 e. The molecule has 3 aromatic rings. The molecule has 1 aromatic heterocycles. The highest BCUT2D eigenvalue weighted by Crippen LogP contribution is 2.34. The van der Waals surface area contributed by atoms with Gasteiger partial charge in [-0.25, -0.2) is 19.7 Å². The van der Waals surface area contributed by atoms with Crippen molar-refractivity contribution in [1.82, 2.24) is 9.88 Å². The van der Waals surface area contributed by atoms with E-state index < -0.39 is 31.0 Å². The number of fused-ring (bicyclic) bond motifs is 1. The largest absolute Gasteiger partial charge is 0.306 e. The summed E-state index contributed by atoms with van der Waals surface area (Å²) in [7, 11) is 0. The van der Waals surface area contributed by atoms with E-state index in [4.69, 9.17) is 6.57 Å². The van der Waals surface area contributed by atoms with Crippen LogP contribution >= 0.6 is 0 Å². The van der Waals surface area contributed by atoms with E-state index in [0.29, 0.717) is 27.5 Å². The van der Waals surface area contributed by atoms with Crippen molar-refractivity contribution in [2.45, 2.75) is 31.4 Å². The number of hydrogen-bond donors (Lipinski definition) is 0. The number of ketones is 1. The van der Waals surface area contributed by atoms with Crippen molar-refractivity contribution in [2.24, 2.45) is 0 Å². The van der Waals surface area contributed by atoms with Crippen molar-refractivity contribution in [3.8, 4) is 11.1 Å². The van der Waals surface area contributed by atoms with E-state index in [1.165, 1.54) is 24.5 Å². The summed E-state index contributed by atoms with van der Waals surface area (Å²) in [5.41, 5.74) is 1.42.